The van der Waals surface area contributed by atoms with Crippen molar-refractivity contribution in [2.75, 3.05) is 13.1 Å². The first kappa shape index (κ1) is 20.9. The molecule has 1 aliphatic heterocycles. The van der Waals surface area contributed by atoms with Gasteiger partial charge in [-0.25, -0.2) is 0 Å². The van der Waals surface area contributed by atoms with Crippen LogP contribution in [0.2, 0.25) is 0 Å². The molecule has 1 saturated heterocycles. The second-order valence-electron chi connectivity index (χ2n) is 8.28. The van der Waals surface area contributed by atoms with E-state index in [0.717, 1.165) is 29.5 Å². The highest BCUT2D eigenvalue weighted by atomic mass is 16.2. The molecule has 0 aliphatic carbocycles. The topological polar surface area (TPSA) is 49.4 Å². The second kappa shape index (κ2) is 9.17. The van der Waals surface area contributed by atoms with E-state index in [1.165, 1.54) is 5.56 Å². The summed E-state index contributed by atoms with van der Waals surface area (Å²) >= 11 is 0. The highest BCUT2D eigenvalue weighted by Crippen LogP contribution is 2.21. The van der Waals surface area contributed by atoms with Crippen LogP contribution in [0.3, 0.4) is 0 Å². The predicted octanol–water partition coefficient (Wildman–Crippen LogP) is 5.01. The molecule has 4 nitrogen and oxygen atoms in total. The Balaban J connectivity index is 1.32. The van der Waals surface area contributed by atoms with E-state index in [2.05, 4.69) is 17.4 Å². The molecule has 4 rings (SSSR count). The van der Waals surface area contributed by atoms with E-state index in [1.54, 1.807) is 0 Å². The number of nitrogens with one attached hydrogen (secondary N) is 1. The number of carbonyl (C=O) groups is 2. The summed E-state index contributed by atoms with van der Waals surface area (Å²) in [6.45, 7) is 5.36. The van der Waals surface area contributed by atoms with Gasteiger partial charge >= 0.3 is 0 Å². The number of amides is 2. The molecule has 158 valence electrons. The maximum atomic E-state index is 12.9. The highest BCUT2D eigenvalue weighted by molar-refractivity contribution is 5.95. The molecule has 2 amide bonds. The summed E-state index contributed by atoms with van der Waals surface area (Å²) in [6.07, 6.45) is 1.54. The zero-order chi connectivity index (χ0) is 21.8. The summed E-state index contributed by atoms with van der Waals surface area (Å²) in [5, 5.41) is 3.13. The highest BCUT2D eigenvalue weighted by Gasteiger charge is 2.25. The van der Waals surface area contributed by atoms with Crippen molar-refractivity contribution in [2.45, 2.75) is 32.7 Å². The molecule has 0 atom stereocenters. The van der Waals surface area contributed by atoms with Crippen LogP contribution in [0.25, 0.3) is 11.1 Å². The third kappa shape index (κ3) is 4.85. The van der Waals surface area contributed by atoms with Gasteiger partial charge in [-0.1, -0.05) is 48.5 Å². The van der Waals surface area contributed by atoms with Crippen LogP contribution in [-0.4, -0.2) is 35.8 Å². The van der Waals surface area contributed by atoms with Gasteiger partial charge < -0.3 is 10.2 Å². The van der Waals surface area contributed by atoms with Crippen LogP contribution in [0.15, 0.2) is 72.8 Å². The number of rotatable bonds is 4. The van der Waals surface area contributed by atoms with Crippen molar-refractivity contribution in [3.8, 4) is 11.1 Å². The smallest absolute Gasteiger partial charge is 0.253 e. The minimum atomic E-state index is -0.0376. The van der Waals surface area contributed by atoms with E-state index >= 15 is 0 Å². The third-order valence-corrected chi connectivity index (χ3v) is 6.13. The summed E-state index contributed by atoms with van der Waals surface area (Å²) in [4.78, 5) is 27.4. The Morgan fingerprint density at radius 1 is 0.774 bits per heavy atom. The van der Waals surface area contributed by atoms with Crippen molar-refractivity contribution in [2.24, 2.45) is 0 Å². The zero-order valence-corrected chi connectivity index (χ0v) is 18.1. The normalized spacial score (nSPS) is 14.3. The first-order chi connectivity index (χ1) is 15.0. The van der Waals surface area contributed by atoms with E-state index in [9.17, 15) is 9.59 Å². The van der Waals surface area contributed by atoms with Gasteiger partial charge in [0.25, 0.3) is 11.8 Å². The van der Waals surface area contributed by atoms with Gasteiger partial charge in [-0.05, 0) is 73.2 Å². The summed E-state index contributed by atoms with van der Waals surface area (Å²) < 4.78 is 0. The fraction of sp³-hybridized carbons (Fsp3) is 0.259. The van der Waals surface area contributed by atoms with Crippen molar-refractivity contribution in [3.63, 3.8) is 0 Å². The molecule has 3 aromatic carbocycles. The fourth-order valence-electron chi connectivity index (χ4n) is 4.00. The van der Waals surface area contributed by atoms with Crippen LogP contribution in [0.1, 0.15) is 44.7 Å². The number of hydrogen-bond donors (Lipinski definition) is 1. The fourth-order valence-corrected chi connectivity index (χ4v) is 4.00. The third-order valence-electron chi connectivity index (χ3n) is 6.13. The minimum Gasteiger partial charge on any atom is -0.349 e. The molecule has 4 heteroatoms. The standard InChI is InChI=1S/C27H28N2O2/c1-19-8-9-24(18-20(19)2)26(30)28-25-14-16-29(17-15-25)27(31)23-12-10-22(11-13-23)21-6-4-3-5-7-21/h3-13,18,25H,14-17H2,1-2H3,(H,28,30). The van der Waals surface area contributed by atoms with Gasteiger partial charge in [-0.2, -0.15) is 0 Å². The lowest BCUT2D eigenvalue weighted by Gasteiger charge is -2.32. The molecule has 0 bridgehead atoms. The van der Waals surface area contributed by atoms with Crippen molar-refractivity contribution in [1.29, 1.82) is 0 Å². The van der Waals surface area contributed by atoms with Crippen LogP contribution < -0.4 is 5.32 Å². The Morgan fingerprint density at radius 2 is 1.39 bits per heavy atom. The molecule has 3 aromatic rings. The Morgan fingerprint density at radius 3 is 2.03 bits per heavy atom. The lowest BCUT2D eigenvalue weighted by atomic mass is 10.0. The van der Waals surface area contributed by atoms with Crippen LogP contribution in [0.4, 0.5) is 0 Å². The van der Waals surface area contributed by atoms with E-state index in [-0.39, 0.29) is 17.9 Å². The molecule has 0 spiro atoms. The molecule has 0 radical (unpaired) electrons. The Hall–Kier alpha value is -3.40. The predicted molar refractivity (Wildman–Crippen MR) is 124 cm³/mol. The summed E-state index contributed by atoms with van der Waals surface area (Å²) in [7, 11) is 0. The number of carbonyl (C=O) groups excluding carboxylic acids is 2. The SMILES string of the molecule is Cc1ccc(C(=O)NC2CCN(C(=O)c3ccc(-c4ccccc4)cc3)CC2)cc1C. The summed E-state index contributed by atoms with van der Waals surface area (Å²) in [5.74, 6) is 0.0166. The van der Waals surface area contributed by atoms with Crippen molar-refractivity contribution >= 4 is 11.8 Å². The molecule has 0 unspecified atom stereocenters. The van der Waals surface area contributed by atoms with E-state index in [0.29, 0.717) is 24.2 Å². The van der Waals surface area contributed by atoms with Crippen molar-refractivity contribution in [3.05, 3.63) is 95.1 Å². The van der Waals surface area contributed by atoms with Gasteiger partial charge in [-0.3, -0.25) is 9.59 Å². The quantitative estimate of drug-likeness (QED) is 0.655. The molecule has 0 aromatic heterocycles. The average Bonchev–Trinajstić information content (AvgIpc) is 2.81. The van der Waals surface area contributed by atoms with E-state index < -0.39 is 0 Å². The second-order valence-corrected chi connectivity index (χ2v) is 8.28. The molecule has 0 saturated carbocycles. The Bertz CT molecular complexity index is 1070. The average molecular weight is 413 g/mol. The summed E-state index contributed by atoms with van der Waals surface area (Å²) in [6, 6.07) is 23.8. The van der Waals surface area contributed by atoms with E-state index in [4.69, 9.17) is 0 Å². The number of likely N-dealkylation sites (tertiary alicyclic amines) is 1. The molecule has 31 heavy (non-hydrogen) atoms. The number of aryl methyl sites for hydroxylation is 2. The van der Waals surface area contributed by atoms with Gasteiger partial charge in [0.1, 0.15) is 0 Å². The van der Waals surface area contributed by atoms with Crippen LogP contribution in [0.5, 0.6) is 0 Å². The van der Waals surface area contributed by atoms with Gasteiger partial charge in [0, 0.05) is 30.3 Å². The maximum absolute atomic E-state index is 12.9. The first-order valence-corrected chi connectivity index (χ1v) is 10.8. The van der Waals surface area contributed by atoms with Crippen LogP contribution in [-0.2, 0) is 0 Å². The number of nitrogens with zero attached hydrogens (tertiary/aromatic N) is 1. The molecule has 1 aliphatic rings. The molecular formula is C27H28N2O2. The minimum absolute atomic E-state index is 0.0376. The number of piperidine rings is 1. The zero-order valence-electron chi connectivity index (χ0n) is 18.1. The lowest BCUT2D eigenvalue weighted by molar-refractivity contribution is 0.0698. The van der Waals surface area contributed by atoms with Gasteiger partial charge in [0.05, 0.1) is 0 Å². The molecular weight excluding hydrogens is 384 g/mol. The number of benzene rings is 3. The molecule has 1 N–H and O–H groups in total. The maximum Gasteiger partial charge on any atom is 0.253 e. The molecule has 1 heterocycles. The lowest BCUT2D eigenvalue weighted by Crippen LogP contribution is -2.46. The Labute approximate surface area is 183 Å². The van der Waals surface area contributed by atoms with Gasteiger partial charge in [0.2, 0.25) is 0 Å². The largest absolute Gasteiger partial charge is 0.349 e. The van der Waals surface area contributed by atoms with Crippen LogP contribution in [0, 0.1) is 13.8 Å². The van der Waals surface area contributed by atoms with E-state index in [1.807, 2.05) is 79.4 Å². The number of hydrogen-bond acceptors (Lipinski definition) is 2. The molecule has 1 fully saturated rings. The van der Waals surface area contributed by atoms with Crippen LogP contribution >= 0.6 is 0 Å². The van der Waals surface area contributed by atoms with Gasteiger partial charge in [0.15, 0.2) is 0 Å². The summed E-state index contributed by atoms with van der Waals surface area (Å²) in [5.41, 5.74) is 5.94. The first-order valence-electron chi connectivity index (χ1n) is 10.8. The van der Waals surface area contributed by atoms with Gasteiger partial charge in [-0.15, -0.1) is 0 Å². The van der Waals surface area contributed by atoms with Crippen molar-refractivity contribution < 1.29 is 9.59 Å². The monoisotopic (exact) mass is 412 g/mol. The van der Waals surface area contributed by atoms with Crippen molar-refractivity contribution in [1.82, 2.24) is 10.2 Å². The Kier molecular flexibility index (Phi) is 6.17.